The fourth-order valence-electron chi connectivity index (χ4n) is 2.44. The van der Waals surface area contributed by atoms with Crippen molar-refractivity contribution >= 4 is 0 Å². The van der Waals surface area contributed by atoms with E-state index in [1.807, 2.05) is 12.1 Å². The van der Waals surface area contributed by atoms with E-state index >= 15 is 0 Å². The van der Waals surface area contributed by atoms with Gasteiger partial charge in [-0.15, -0.1) is 0 Å². The Balaban J connectivity index is 1.94. The molecule has 0 saturated carbocycles. The van der Waals surface area contributed by atoms with Crippen molar-refractivity contribution in [1.29, 1.82) is 0 Å². The normalized spacial score (nSPS) is 27.1. The molecule has 16 heavy (non-hydrogen) atoms. The maximum Gasteiger partial charge on any atom is 0.105 e. The number of hydrogen-bond acceptors (Lipinski definition) is 3. The van der Waals surface area contributed by atoms with Gasteiger partial charge in [-0.3, -0.25) is 0 Å². The molecular formula is C13H21NO2. The molecule has 1 fully saturated rings. The minimum absolute atomic E-state index is 0.405. The topological polar surface area (TPSA) is 34.4 Å². The third-order valence-corrected chi connectivity index (χ3v) is 3.27. The van der Waals surface area contributed by atoms with Gasteiger partial charge < -0.3 is 14.5 Å². The number of hydrogen-bond donors (Lipinski definition) is 1. The highest BCUT2D eigenvalue weighted by molar-refractivity contribution is 5.02. The van der Waals surface area contributed by atoms with Gasteiger partial charge in [-0.05, 0) is 32.0 Å². The van der Waals surface area contributed by atoms with Crippen LogP contribution in [0, 0.1) is 5.92 Å². The number of rotatable bonds is 5. The molecule has 3 heteroatoms. The minimum atomic E-state index is 0.405. The second kappa shape index (κ2) is 5.51. The van der Waals surface area contributed by atoms with Crippen LogP contribution in [0.4, 0.5) is 0 Å². The van der Waals surface area contributed by atoms with E-state index in [9.17, 15) is 0 Å². The number of ether oxygens (including phenoxy) is 1. The third kappa shape index (κ3) is 2.86. The molecule has 90 valence electrons. The lowest BCUT2D eigenvalue weighted by Crippen LogP contribution is -2.38. The van der Waals surface area contributed by atoms with Crippen molar-refractivity contribution in [2.45, 2.75) is 38.8 Å². The molecule has 0 bridgehead atoms. The Kier molecular flexibility index (Phi) is 4.02. The van der Waals surface area contributed by atoms with Crippen LogP contribution in [0.1, 0.15) is 26.0 Å². The molecule has 0 aromatic carbocycles. The zero-order valence-corrected chi connectivity index (χ0v) is 10.1. The van der Waals surface area contributed by atoms with Crippen LogP contribution < -0.4 is 5.32 Å². The fraction of sp³-hybridized carbons (Fsp3) is 0.692. The van der Waals surface area contributed by atoms with Gasteiger partial charge in [0.2, 0.25) is 0 Å². The summed E-state index contributed by atoms with van der Waals surface area (Å²) in [4.78, 5) is 0. The molecule has 0 amide bonds. The maximum atomic E-state index is 5.64. The molecule has 1 aromatic rings. The van der Waals surface area contributed by atoms with Gasteiger partial charge in [0, 0.05) is 18.4 Å². The van der Waals surface area contributed by atoms with Gasteiger partial charge in [-0.25, -0.2) is 0 Å². The largest absolute Gasteiger partial charge is 0.469 e. The highest BCUT2D eigenvalue weighted by Gasteiger charge is 2.29. The van der Waals surface area contributed by atoms with Crippen molar-refractivity contribution in [2.24, 2.45) is 5.92 Å². The van der Waals surface area contributed by atoms with Crippen LogP contribution in [-0.4, -0.2) is 25.3 Å². The molecule has 1 aliphatic heterocycles. The van der Waals surface area contributed by atoms with Gasteiger partial charge in [0.1, 0.15) is 5.76 Å². The van der Waals surface area contributed by atoms with Gasteiger partial charge in [-0.2, -0.15) is 0 Å². The SMILES string of the molecule is CCNC(Cc1ccco1)C1COC(C)C1. The molecular weight excluding hydrogens is 202 g/mol. The molecule has 1 N–H and O–H groups in total. The lowest BCUT2D eigenvalue weighted by Gasteiger charge is -2.22. The summed E-state index contributed by atoms with van der Waals surface area (Å²) in [5.74, 6) is 1.67. The Hall–Kier alpha value is -0.800. The van der Waals surface area contributed by atoms with Crippen molar-refractivity contribution in [3.63, 3.8) is 0 Å². The van der Waals surface area contributed by atoms with Crippen molar-refractivity contribution < 1.29 is 9.15 Å². The quantitative estimate of drug-likeness (QED) is 0.831. The molecule has 0 aliphatic carbocycles. The highest BCUT2D eigenvalue weighted by Crippen LogP contribution is 2.24. The number of furan rings is 1. The van der Waals surface area contributed by atoms with Crippen LogP contribution in [0.15, 0.2) is 22.8 Å². The van der Waals surface area contributed by atoms with Gasteiger partial charge in [-0.1, -0.05) is 6.92 Å². The summed E-state index contributed by atoms with van der Waals surface area (Å²) >= 11 is 0. The van der Waals surface area contributed by atoms with Gasteiger partial charge in [0.15, 0.2) is 0 Å². The van der Waals surface area contributed by atoms with Crippen LogP contribution in [0.5, 0.6) is 0 Å². The standard InChI is InChI=1S/C13H21NO2/c1-3-14-13(8-12-5-4-6-15-12)11-7-10(2)16-9-11/h4-6,10-11,13-14H,3,7-9H2,1-2H3. The van der Waals surface area contributed by atoms with Gasteiger partial charge in [0.25, 0.3) is 0 Å². The Morgan fingerprint density at radius 1 is 1.56 bits per heavy atom. The first kappa shape index (κ1) is 11.7. The molecule has 3 nitrogen and oxygen atoms in total. The first-order valence-corrected chi connectivity index (χ1v) is 6.17. The Labute approximate surface area is 97.2 Å². The van der Waals surface area contributed by atoms with Crippen molar-refractivity contribution in [3.8, 4) is 0 Å². The molecule has 3 unspecified atom stereocenters. The molecule has 3 atom stereocenters. The molecule has 0 radical (unpaired) electrons. The predicted molar refractivity (Wildman–Crippen MR) is 63.4 cm³/mol. The van der Waals surface area contributed by atoms with Crippen LogP contribution in [-0.2, 0) is 11.2 Å². The Morgan fingerprint density at radius 2 is 2.44 bits per heavy atom. The van der Waals surface area contributed by atoms with E-state index in [1.165, 1.54) is 0 Å². The summed E-state index contributed by atoms with van der Waals surface area (Å²) in [6.45, 7) is 6.17. The van der Waals surface area contributed by atoms with Crippen LogP contribution in [0.25, 0.3) is 0 Å². The first-order valence-electron chi connectivity index (χ1n) is 6.17. The third-order valence-electron chi connectivity index (χ3n) is 3.27. The summed E-state index contributed by atoms with van der Waals surface area (Å²) in [5, 5.41) is 3.54. The smallest absolute Gasteiger partial charge is 0.105 e. The summed E-state index contributed by atoms with van der Waals surface area (Å²) in [5.41, 5.74) is 0. The molecule has 1 aromatic heterocycles. The lowest BCUT2D eigenvalue weighted by atomic mass is 9.93. The maximum absolute atomic E-state index is 5.64. The van der Waals surface area contributed by atoms with E-state index in [2.05, 4.69) is 19.2 Å². The van der Waals surface area contributed by atoms with E-state index < -0.39 is 0 Å². The minimum Gasteiger partial charge on any atom is -0.469 e. The Bertz CT molecular complexity index is 297. The van der Waals surface area contributed by atoms with E-state index in [0.29, 0.717) is 18.1 Å². The van der Waals surface area contributed by atoms with E-state index in [0.717, 1.165) is 31.8 Å². The molecule has 0 spiro atoms. The highest BCUT2D eigenvalue weighted by atomic mass is 16.5. The zero-order chi connectivity index (χ0) is 11.4. The zero-order valence-electron chi connectivity index (χ0n) is 10.1. The monoisotopic (exact) mass is 223 g/mol. The molecule has 2 rings (SSSR count). The summed E-state index contributed by atoms with van der Waals surface area (Å²) in [7, 11) is 0. The van der Waals surface area contributed by atoms with Crippen LogP contribution >= 0.6 is 0 Å². The summed E-state index contributed by atoms with van der Waals surface area (Å²) in [6, 6.07) is 4.47. The number of nitrogens with one attached hydrogen (secondary N) is 1. The number of likely N-dealkylation sites (N-methyl/N-ethyl adjacent to an activating group) is 1. The second-order valence-electron chi connectivity index (χ2n) is 4.59. The lowest BCUT2D eigenvalue weighted by molar-refractivity contribution is 0.116. The summed E-state index contributed by atoms with van der Waals surface area (Å²) < 4.78 is 11.1. The predicted octanol–water partition coefficient (Wildman–Crippen LogP) is 2.23. The van der Waals surface area contributed by atoms with E-state index in [1.54, 1.807) is 6.26 Å². The van der Waals surface area contributed by atoms with E-state index in [-0.39, 0.29) is 0 Å². The second-order valence-corrected chi connectivity index (χ2v) is 4.59. The average molecular weight is 223 g/mol. The molecule has 1 saturated heterocycles. The average Bonchev–Trinajstić information content (AvgIpc) is 2.88. The van der Waals surface area contributed by atoms with E-state index in [4.69, 9.17) is 9.15 Å². The molecule has 2 heterocycles. The van der Waals surface area contributed by atoms with Crippen molar-refractivity contribution in [2.75, 3.05) is 13.2 Å². The fourth-order valence-corrected chi connectivity index (χ4v) is 2.44. The van der Waals surface area contributed by atoms with Crippen molar-refractivity contribution in [1.82, 2.24) is 5.32 Å². The van der Waals surface area contributed by atoms with Gasteiger partial charge in [0.05, 0.1) is 19.0 Å². The first-order chi connectivity index (χ1) is 7.79. The Morgan fingerprint density at radius 3 is 3.00 bits per heavy atom. The molecule has 1 aliphatic rings. The van der Waals surface area contributed by atoms with Crippen molar-refractivity contribution in [3.05, 3.63) is 24.2 Å². The summed E-state index contributed by atoms with van der Waals surface area (Å²) in [6.07, 6.45) is 4.26. The van der Waals surface area contributed by atoms with Gasteiger partial charge >= 0.3 is 0 Å². The van der Waals surface area contributed by atoms with Crippen LogP contribution in [0.2, 0.25) is 0 Å². The van der Waals surface area contributed by atoms with Crippen LogP contribution in [0.3, 0.4) is 0 Å².